The van der Waals surface area contributed by atoms with Crippen LogP contribution in [0.15, 0.2) is 12.3 Å². The average molecular weight is 239 g/mol. The number of aryl methyl sites for hydroxylation is 1. The minimum Gasteiger partial charge on any atom is -0.296 e. The third-order valence-corrected chi connectivity index (χ3v) is 3.56. The number of pyridine rings is 1. The Balaban J connectivity index is 2.22. The number of halogens is 1. The predicted octanol–water partition coefficient (Wildman–Crippen LogP) is 3.59. The van der Waals surface area contributed by atoms with E-state index < -0.39 is 0 Å². The Labute approximate surface area is 103 Å². The van der Waals surface area contributed by atoms with E-state index in [1.165, 1.54) is 43.5 Å². The second kappa shape index (κ2) is 5.15. The molecule has 0 saturated carbocycles. The van der Waals surface area contributed by atoms with Crippen molar-refractivity contribution in [3.63, 3.8) is 0 Å². The van der Waals surface area contributed by atoms with E-state index >= 15 is 0 Å². The van der Waals surface area contributed by atoms with Gasteiger partial charge < -0.3 is 0 Å². The molecule has 2 rings (SSSR count). The summed E-state index contributed by atoms with van der Waals surface area (Å²) in [7, 11) is 0. The normalized spacial score (nSPS) is 21.6. The van der Waals surface area contributed by atoms with Crippen molar-refractivity contribution in [1.29, 1.82) is 0 Å². The summed E-state index contributed by atoms with van der Waals surface area (Å²) in [4.78, 5) is 6.79. The highest BCUT2D eigenvalue weighted by atomic mass is 35.5. The van der Waals surface area contributed by atoms with Crippen LogP contribution in [0.1, 0.15) is 43.4 Å². The molecule has 0 N–H and O–H groups in total. The standard InChI is InChI=1S/C13H19ClN2/c1-3-6-16-7-4-5-12(16)11-9-15-13(14)8-10(11)2/h8-9,12H,3-7H2,1-2H3/t12-/m0/s1. The first-order valence-corrected chi connectivity index (χ1v) is 6.46. The zero-order chi connectivity index (χ0) is 11.5. The third kappa shape index (κ3) is 2.38. The first kappa shape index (κ1) is 11.9. The lowest BCUT2D eigenvalue weighted by Crippen LogP contribution is -2.24. The second-order valence-corrected chi connectivity index (χ2v) is 4.94. The van der Waals surface area contributed by atoms with Gasteiger partial charge in [0.05, 0.1) is 0 Å². The van der Waals surface area contributed by atoms with Gasteiger partial charge in [-0.15, -0.1) is 0 Å². The first-order valence-electron chi connectivity index (χ1n) is 6.08. The number of likely N-dealkylation sites (tertiary alicyclic amines) is 1. The maximum absolute atomic E-state index is 5.90. The maximum Gasteiger partial charge on any atom is 0.129 e. The molecule has 3 heteroatoms. The smallest absolute Gasteiger partial charge is 0.129 e. The van der Waals surface area contributed by atoms with Gasteiger partial charge >= 0.3 is 0 Å². The lowest BCUT2D eigenvalue weighted by molar-refractivity contribution is 0.257. The van der Waals surface area contributed by atoms with E-state index in [9.17, 15) is 0 Å². The quantitative estimate of drug-likeness (QED) is 0.749. The minimum absolute atomic E-state index is 0.560. The van der Waals surface area contributed by atoms with E-state index in [0.717, 1.165) is 0 Å². The third-order valence-electron chi connectivity index (χ3n) is 3.35. The van der Waals surface area contributed by atoms with E-state index in [1.54, 1.807) is 0 Å². The Hall–Kier alpha value is -0.600. The molecule has 1 aliphatic rings. The number of aromatic nitrogens is 1. The Kier molecular flexibility index (Phi) is 3.82. The topological polar surface area (TPSA) is 16.1 Å². The van der Waals surface area contributed by atoms with Gasteiger partial charge in [0.25, 0.3) is 0 Å². The highest BCUT2D eigenvalue weighted by Crippen LogP contribution is 2.33. The van der Waals surface area contributed by atoms with E-state index in [2.05, 4.69) is 23.7 Å². The molecule has 1 fully saturated rings. The molecule has 0 aliphatic carbocycles. The molecule has 2 heterocycles. The summed E-state index contributed by atoms with van der Waals surface area (Å²) in [6.07, 6.45) is 5.73. The van der Waals surface area contributed by atoms with Crippen molar-refractivity contribution in [2.75, 3.05) is 13.1 Å². The van der Waals surface area contributed by atoms with Crippen LogP contribution < -0.4 is 0 Å². The van der Waals surface area contributed by atoms with Gasteiger partial charge in [0, 0.05) is 12.2 Å². The summed E-state index contributed by atoms with van der Waals surface area (Å²) >= 11 is 5.90. The summed E-state index contributed by atoms with van der Waals surface area (Å²) in [5.74, 6) is 0. The van der Waals surface area contributed by atoms with Gasteiger partial charge in [0.1, 0.15) is 5.15 Å². The Bertz CT molecular complexity index is 365. The van der Waals surface area contributed by atoms with E-state index in [0.29, 0.717) is 11.2 Å². The van der Waals surface area contributed by atoms with E-state index in [4.69, 9.17) is 11.6 Å². The van der Waals surface area contributed by atoms with Crippen LogP contribution >= 0.6 is 11.6 Å². The molecule has 0 spiro atoms. The average Bonchev–Trinajstić information content (AvgIpc) is 2.67. The largest absolute Gasteiger partial charge is 0.296 e. The molecule has 0 unspecified atom stereocenters. The molecule has 0 amide bonds. The van der Waals surface area contributed by atoms with Crippen LogP contribution in [0.3, 0.4) is 0 Å². The molecule has 1 aliphatic heterocycles. The monoisotopic (exact) mass is 238 g/mol. The highest BCUT2D eigenvalue weighted by molar-refractivity contribution is 6.29. The predicted molar refractivity (Wildman–Crippen MR) is 67.8 cm³/mol. The fourth-order valence-corrected chi connectivity index (χ4v) is 2.83. The van der Waals surface area contributed by atoms with Gasteiger partial charge in [-0.25, -0.2) is 4.98 Å². The number of hydrogen-bond donors (Lipinski definition) is 0. The van der Waals surface area contributed by atoms with Crippen LogP contribution in [0.5, 0.6) is 0 Å². The number of hydrogen-bond acceptors (Lipinski definition) is 2. The molecule has 88 valence electrons. The van der Waals surface area contributed by atoms with Crippen molar-refractivity contribution < 1.29 is 0 Å². The number of nitrogens with zero attached hydrogens (tertiary/aromatic N) is 2. The lowest BCUT2D eigenvalue weighted by Gasteiger charge is -2.25. The zero-order valence-electron chi connectivity index (χ0n) is 10.0. The summed E-state index contributed by atoms with van der Waals surface area (Å²) in [6, 6.07) is 2.53. The fourth-order valence-electron chi connectivity index (χ4n) is 2.61. The SMILES string of the molecule is CCCN1CCC[C@H]1c1cnc(Cl)cc1C. The molecule has 0 bridgehead atoms. The van der Waals surface area contributed by atoms with Gasteiger partial charge in [-0.1, -0.05) is 18.5 Å². The second-order valence-electron chi connectivity index (χ2n) is 4.56. The van der Waals surface area contributed by atoms with Gasteiger partial charge in [0.2, 0.25) is 0 Å². The summed E-state index contributed by atoms with van der Waals surface area (Å²) in [5, 5.41) is 0.598. The molecule has 0 aromatic carbocycles. The van der Waals surface area contributed by atoms with Crippen LogP contribution in [0.25, 0.3) is 0 Å². The molecular weight excluding hydrogens is 220 g/mol. The van der Waals surface area contributed by atoms with Crippen molar-refractivity contribution >= 4 is 11.6 Å². The molecular formula is C13H19ClN2. The Morgan fingerprint density at radius 3 is 3.06 bits per heavy atom. The summed E-state index contributed by atoms with van der Waals surface area (Å²) < 4.78 is 0. The fraction of sp³-hybridized carbons (Fsp3) is 0.615. The molecule has 1 saturated heterocycles. The van der Waals surface area contributed by atoms with Crippen molar-refractivity contribution in [2.24, 2.45) is 0 Å². The highest BCUT2D eigenvalue weighted by Gasteiger charge is 2.26. The maximum atomic E-state index is 5.90. The van der Waals surface area contributed by atoms with Crippen LogP contribution in [-0.4, -0.2) is 23.0 Å². The molecule has 1 aromatic rings. The van der Waals surface area contributed by atoms with Gasteiger partial charge in [-0.3, -0.25) is 4.90 Å². The van der Waals surface area contributed by atoms with E-state index in [-0.39, 0.29) is 0 Å². The van der Waals surface area contributed by atoms with Crippen molar-refractivity contribution in [1.82, 2.24) is 9.88 Å². The van der Waals surface area contributed by atoms with Gasteiger partial charge in [-0.05, 0) is 56.5 Å². The lowest BCUT2D eigenvalue weighted by atomic mass is 10.0. The first-order chi connectivity index (χ1) is 7.72. The van der Waals surface area contributed by atoms with Crippen molar-refractivity contribution in [3.8, 4) is 0 Å². The van der Waals surface area contributed by atoms with Crippen molar-refractivity contribution in [2.45, 2.75) is 39.2 Å². The summed E-state index contributed by atoms with van der Waals surface area (Å²) in [6.45, 7) is 6.78. The minimum atomic E-state index is 0.560. The zero-order valence-corrected chi connectivity index (χ0v) is 10.8. The molecule has 2 nitrogen and oxygen atoms in total. The van der Waals surface area contributed by atoms with Crippen LogP contribution in [0.4, 0.5) is 0 Å². The van der Waals surface area contributed by atoms with Gasteiger partial charge in [0.15, 0.2) is 0 Å². The Morgan fingerprint density at radius 1 is 1.56 bits per heavy atom. The van der Waals surface area contributed by atoms with Crippen molar-refractivity contribution in [3.05, 3.63) is 28.5 Å². The molecule has 0 radical (unpaired) electrons. The molecule has 16 heavy (non-hydrogen) atoms. The van der Waals surface area contributed by atoms with Crippen LogP contribution in [-0.2, 0) is 0 Å². The molecule has 1 atom stereocenters. The summed E-state index contributed by atoms with van der Waals surface area (Å²) in [5.41, 5.74) is 2.63. The van der Waals surface area contributed by atoms with E-state index in [1.807, 2.05) is 12.3 Å². The van der Waals surface area contributed by atoms with Crippen LogP contribution in [0, 0.1) is 6.92 Å². The number of rotatable bonds is 3. The Morgan fingerprint density at radius 2 is 2.38 bits per heavy atom. The van der Waals surface area contributed by atoms with Gasteiger partial charge in [-0.2, -0.15) is 0 Å². The van der Waals surface area contributed by atoms with Crippen LogP contribution in [0.2, 0.25) is 5.15 Å². The molecule has 1 aromatic heterocycles.